The van der Waals surface area contributed by atoms with Crippen molar-refractivity contribution in [1.82, 2.24) is 5.32 Å². The van der Waals surface area contributed by atoms with Crippen LogP contribution in [0.5, 0.6) is 5.75 Å². The van der Waals surface area contributed by atoms with Crippen LogP contribution in [0.4, 0.5) is 5.69 Å². The molecule has 0 radical (unpaired) electrons. The molecule has 4 nitrogen and oxygen atoms in total. The van der Waals surface area contributed by atoms with Crippen molar-refractivity contribution < 1.29 is 9.53 Å². The molecule has 2 aromatic carbocycles. The molecule has 120 valence electrons. The Labute approximate surface area is 141 Å². The summed E-state index contributed by atoms with van der Waals surface area (Å²) in [6.45, 7) is 6.49. The number of anilines is 1. The van der Waals surface area contributed by atoms with Crippen LogP contribution in [0.15, 0.2) is 42.5 Å². The fourth-order valence-corrected chi connectivity index (χ4v) is 2.40. The van der Waals surface area contributed by atoms with Crippen molar-refractivity contribution in [3.05, 3.63) is 59.2 Å². The van der Waals surface area contributed by atoms with Gasteiger partial charge >= 0.3 is 0 Å². The number of amides is 1. The quantitative estimate of drug-likeness (QED) is 0.838. The lowest BCUT2D eigenvalue weighted by atomic mass is 10.1. The summed E-state index contributed by atoms with van der Waals surface area (Å²) < 4.78 is 5.36. The first kappa shape index (κ1) is 17.0. The third-order valence-electron chi connectivity index (χ3n) is 3.37. The lowest BCUT2D eigenvalue weighted by Gasteiger charge is -2.14. The van der Waals surface area contributed by atoms with Gasteiger partial charge in [-0.05, 0) is 68.4 Å². The number of carbonyl (C=O) groups excluding carboxylic acids is 1. The summed E-state index contributed by atoms with van der Waals surface area (Å²) in [4.78, 5) is 12.2. The highest BCUT2D eigenvalue weighted by molar-refractivity contribution is 7.80. The third kappa shape index (κ3) is 4.53. The van der Waals surface area contributed by atoms with Gasteiger partial charge in [0.25, 0.3) is 5.91 Å². The fraction of sp³-hybridized carbons (Fsp3) is 0.222. The zero-order chi connectivity index (χ0) is 16.8. The van der Waals surface area contributed by atoms with Gasteiger partial charge in [0.05, 0.1) is 6.61 Å². The molecule has 2 N–H and O–H groups in total. The molecule has 1 amide bonds. The van der Waals surface area contributed by atoms with Crippen molar-refractivity contribution in [1.29, 1.82) is 0 Å². The molecule has 2 rings (SSSR count). The minimum Gasteiger partial charge on any atom is -0.494 e. The molecule has 0 saturated carbocycles. The van der Waals surface area contributed by atoms with E-state index in [9.17, 15) is 4.79 Å². The summed E-state index contributed by atoms with van der Waals surface area (Å²) in [5.74, 6) is 0.483. The Bertz CT molecular complexity index is 691. The van der Waals surface area contributed by atoms with Crippen molar-refractivity contribution in [2.75, 3.05) is 11.9 Å². The maximum absolute atomic E-state index is 12.2. The van der Waals surface area contributed by atoms with Crippen LogP contribution in [0.2, 0.25) is 0 Å². The Morgan fingerprint density at radius 2 is 1.70 bits per heavy atom. The van der Waals surface area contributed by atoms with E-state index in [2.05, 4.69) is 10.6 Å². The topological polar surface area (TPSA) is 50.4 Å². The predicted octanol–water partition coefficient (Wildman–Crippen LogP) is 3.83. The number of nitrogens with one attached hydrogen (secondary N) is 2. The Morgan fingerprint density at radius 1 is 1.09 bits per heavy atom. The number of hydrogen-bond donors (Lipinski definition) is 2. The van der Waals surface area contributed by atoms with Crippen molar-refractivity contribution in [2.45, 2.75) is 20.8 Å². The third-order valence-corrected chi connectivity index (χ3v) is 3.58. The predicted molar refractivity (Wildman–Crippen MR) is 97.2 cm³/mol. The first-order chi connectivity index (χ1) is 11.0. The van der Waals surface area contributed by atoms with Gasteiger partial charge in [0, 0.05) is 11.3 Å². The number of aryl methyl sites for hydroxylation is 2. The minimum absolute atomic E-state index is 0.253. The molecule has 0 spiro atoms. The van der Waals surface area contributed by atoms with Gasteiger partial charge in [0.15, 0.2) is 5.11 Å². The van der Waals surface area contributed by atoms with E-state index in [1.807, 2.05) is 39.0 Å². The molecule has 0 aliphatic carbocycles. The second-order valence-electron chi connectivity index (χ2n) is 5.13. The monoisotopic (exact) mass is 328 g/mol. The standard InChI is InChI=1S/C18H20N2O2S/c1-4-22-15-10-8-14(9-11-15)17(21)20-18(23)19-16-12(2)6-5-7-13(16)3/h5-11H,4H2,1-3H3,(H2,19,20,21,23). The van der Waals surface area contributed by atoms with Crippen LogP contribution >= 0.6 is 12.2 Å². The second kappa shape index (κ2) is 7.74. The number of thiocarbonyl (C=S) groups is 1. The Morgan fingerprint density at radius 3 is 2.26 bits per heavy atom. The highest BCUT2D eigenvalue weighted by Crippen LogP contribution is 2.19. The summed E-state index contributed by atoms with van der Waals surface area (Å²) in [7, 11) is 0. The van der Waals surface area contributed by atoms with Crippen LogP contribution in [0, 0.1) is 13.8 Å². The molecule has 0 atom stereocenters. The molecule has 0 unspecified atom stereocenters. The van der Waals surface area contributed by atoms with Gasteiger partial charge in [-0.1, -0.05) is 18.2 Å². The van der Waals surface area contributed by atoms with Gasteiger partial charge in [0.1, 0.15) is 5.75 Å². The molecule has 0 saturated heterocycles. The number of benzene rings is 2. The molecule has 0 aliphatic heterocycles. The number of para-hydroxylation sites is 1. The van der Waals surface area contributed by atoms with Gasteiger partial charge in [0.2, 0.25) is 0 Å². The van der Waals surface area contributed by atoms with Crippen LogP contribution in [0.3, 0.4) is 0 Å². The average molecular weight is 328 g/mol. The van der Waals surface area contributed by atoms with Crippen molar-refractivity contribution in [2.24, 2.45) is 0 Å². The van der Waals surface area contributed by atoms with Crippen molar-refractivity contribution in [3.63, 3.8) is 0 Å². The number of hydrogen-bond acceptors (Lipinski definition) is 3. The molecule has 0 bridgehead atoms. The molecular weight excluding hydrogens is 308 g/mol. The van der Waals surface area contributed by atoms with Crippen molar-refractivity contribution in [3.8, 4) is 5.75 Å². The lowest BCUT2D eigenvalue weighted by Crippen LogP contribution is -2.34. The molecule has 2 aromatic rings. The van der Waals surface area contributed by atoms with E-state index in [-0.39, 0.29) is 11.0 Å². The van der Waals surface area contributed by atoms with Crippen LogP contribution in [0.25, 0.3) is 0 Å². The summed E-state index contributed by atoms with van der Waals surface area (Å²) in [6, 6.07) is 12.9. The lowest BCUT2D eigenvalue weighted by molar-refractivity contribution is 0.0977. The van der Waals surface area contributed by atoms with Crippen molar-refractivity contribution >= 4 is 28.9 Å². The van der Waals surface area contributed by atoms with E-state index in [4.69, 9.17) is 17.0 Å². The highest BCUT2D eigenvalue weighted by Gasteiger charge is 2.10. The van der Waals surface area contributed by atoms with Crippen LogP contribution in [0.1, 0.15) is 28.4 Å². The number of rotatable bonds is 4. The van der Waals surface area contributed by atoms with Crippen LogP contribution in [-0.2, 0) is 0 Å². The van der Waals surface area contributed by atoms with Gasteiger partial charge in [-0.25, -0.2) is 0 Å². The van der Waals surface area contributed by atoms with E-state index in [1.54, 1.807) is 24.3 Å². The minimum atomic E-state index is -0.253. The van der Waals surface area contributed by atoms with E-state index in [1.165, 1.54) is 0 Å². The molecule has 0 heterocycles. The first-order valence-corrected chi connectivity index (χ1v) is 7.83. The van der Waals surface area contributed by atoms with E-state index in [0.29, 0.717) is 12.2 Å². The van der Waals surface area contributed by atoms with E-state index < -0.39 is 0 Å². The van der Waals surface area contributed by atoms with Crippen LogP contribution in [-0.4, -0.2) is 17.6 Å². The Balaban J connectivity index is 2.01. The highest BCUT2D eigenvalue weighted by atomic mass is 32.1. The molecular formula is C18H20N2O2S. The molecule has 0 fully saturated rings. The van der Waals surface area contributed by atoms with Gasteiger partial charge in [-0.15, -0.1) is 0 Å². The maximum Gasteiger partial charge on any atom is 0.257 e. The SMILES string of the molecule is CCOc1ccc(C(=O)NC(=S)Nc2c(C)cccc2C)cc1. The van der Waals surface area contributed by atoms with Gasteiger partial charge in [-0.3, -0.25) is 10.1 Å². The Hall–Kier alpha value is -2.40. The zero-order valence-corrected chi connectivity index (χ0v) is 14.3. The summed E-state index contributed by atoms with van der Waals surface area (Å²) in [6.07, 6.45) is 0. The van der Waals surface area contributed by atoms with E-state index in [0.717, 1.165) is 22.6 Å². The first-order valence-electron chi connectivity index (χ1n) is 7.42. The maximum atomic E-state index is 12.2. The summed E-state index contributed by atoms with van der Waals surface area (Å²) >= 11 is 5.23. The molecule has 5 heteroatoms. The fourth-order valence-electron chi connectivity index (χ4n) is 2.20. The smallest absolute Gasteiger partial charge is 0.257 e. The zero-order valence-electron chi connectivity index (χ0n) is 13.5. The summed E-state index contributed by atoms with van der Waals surface area (Å²) in [5.41, 5.74) is 3.59. The number of carbonyl (C=O) groups is 1. The Kier molecular flexibility index (Phi) is 5.71. The molecule has 0 aliphatic rings. The molecule has 23 heavy (non-hydrogen) atoms. The normalized spacial score (nSPS) is 10.0. The largest absolute Gasteiger partial charge is 0.494 e. The second-order valence-corrected chi connectivity index (χ2v) is 5.54. The summed E-state index contributed by atoms with van der Waals surface area (Å²) in [5, 5.41) is 6.06. The van der Waals surface area contributed by atoms with Gasteiger partial charge in [-0.2, -0.15) is 0 Å². The van der Waals surface area contributed by atoms with Gasteiger partial charge < -0.3 is 10.1 Å². The molecule has 0 aromatic heterocycles. The number of ether oxygens (including phenoxy) is 1. The van der Waals surface area contributed by atoms with Crippen LogP contribution < -0.4 is 15.4 Å². The van der Waals surface area contributed by atoms with E-state index >= 15 is 0 Å². The average Bonchev–Trinajstić information content (AvgIpc) is 2.52.